The number of fused-ring (bicyclic) bond motifs is 1. The SMILES string of the molecule is O=C(CCCCCn1c(=S)[nH]c2ccccc2c1=O)NCCCn1cccn1. The number of nitrogens with one attached hydrogen (secondary N) is 2. The van der Waals surface area contributed by atoms with E-state index in [0.29, 0.717) is 29.7 Å². The highest BCUT2D eigenvalue weighted by Gasteiger charge is 2.05. The maximum atomic E-state index is 12.6. The predicted molar refractivity (Wildman–Crippen MR) is 112 cm³/mol. The molecule has 0 bridgehead atoms. The van der Waals surface area contributed by atoms with E-state index in [1.165, 1.54) is 0 Å². The molecule has 0 saturated carbocycles. The molecule has 3 aromatic rings. The van der Waals surface area contributed by atoms with Crippen molar-refractivity contribution in [3.05, 3.63) is 57.9 Å². The average molecular weight is 400 g/mol. The quantitative estimate of drug-likeness (QED) is 0.405. The van der Waals surface area contributed by atoms with Crippen molar-refractivity contribution in [3.8, 4) is 0 Å². The van der Waals surface area contributed by atoms with Crippen LogP contribution in [0.1, 0.15) is 32.1 Å². The van der Waals surface area contributed by atoms with Crippen LogP contribution in [-0.4, -0.2) is 31.8 Å². The van der Waals surface area contributed by atoms with E-state index in [9.17, 15) is 9.59 Å². The van der Waals surface area contributed by atoms with Gasteiger partial charge in [0.15, 0.2) is 4.77 Å². The van der Waals surface area contributed by atoms with Crippen LogP contribution in [0.4, 0.5) is 0 Å². The summed E-state index contributed by atoms with van der Waals surface area (Å²) in [7, 11) is 0. The molecule has 2 heterocycles. The molecule has 0 aliphatic carbocycles. The van der Waals surface area contributed by atoms with Gasteiger partial charge in [-0.05, 0) is 49.7 Å². The number of hydrogen-bond acceptors (Lipinski definition) is 4. The van der Waals surface area contributed by atoms with Crippen LogP contribution in [0.15, 0.2) is 47.5 Å². The van der Waals surface area contributed by atoms with Gasteiger partial charge in [0.25, 0.3) is 5.56 Å². The second-order valence-corrected chi connectivity index (χ2v) is 7.10. The maximum Gasteiger partial charge on any atom is 0.262 e. The van der Waals surface area contributed by atoms with E-state index >= 15 is 0 Å². The molecule has 0 fully saturated rings. The molecule has 2 N–H and O–H groups in total. The van der Waals surface area contributed by atoms with Crippen molar-refractivity contribution >= 4 is 29.0 Å². The first-order chi connectivity index (χ1) is 13.6. The van der Waals surface area contributed by atoms with Crippen molar-refractivity contribution in [2.24, 2.45) is 0 Å². The van der Waals surface area contributed by atoms with Gasteiger partial charge in [0.2, 0.25) is 5.91 Å². The van der Waals surface area contributed by atoms with E-state index in [1.807, 2.05) is 35.1 Å². The lowest BCUT2D eigenvalue weighted by atomic mass is 10.2. The Morgan fingerprint density at radius 1 is 1.11 bits per heavy atom. The molecule has 2 aromatic heterocycles. The Kier molecular flexibility index (Phi) is 7.13. The predicted octanol–water partition coefficient (Wildman–Crippen LogP) is 3.02. The first-order valence-corrected chi connectivity index (χ1v) is 10.0. The van der Waals surface area contributed by atoms with Gasteiger partial charge in [0, 0.05) is 38.4 Å². The number of H-pyrrole nitrogens is 1. The first kappa shape index (κ1) is 20.0. The molecule has 28 heavy (non-hydrogen) atoms. The number of aryl methyl sites for hydroxylation is 1. The molecule has 0 saturated heterocycles. The normalized spacial score (nSPS) is 11.0. The number of hydrogen-bond donors (Lipinski definition) is 2. The molecule has 1 aromatic carbocycles. The molecule has 0 spiro atoms. The Morgan fingerprint density at radius 3 is 2.79 bits per heavy atom. The fraction of sp³-hybridized carbons (Fsp3) is 0.400. The summed E-state index contributed by atoms with van der Waals surface area (Å²) in [6, 6.07) is 9.26. The zero-order valence-corrected chi connectivity index (χ0v) is 16.6. The van der Waals surface area contributed by atoms with Crippen molar-refractivity contribution < 1.29 is 4.79 Å². The smallest absolute Gasteiger partial charge is 0.262 e. The summed E-state index contributed by atoms with van der Waals surface area (Å²) in [5.74, 6) is 0.0700. The third kappa shape index (κ3) is 5.39. The van der Waals surface area contributed by atoms with Gasteiger partial charge in [-0.2, -0.15) is 5.10 Å². The van der Waals surface area contributed by atoms with Crippen LogP contribution in [0.3, 0.4) is 0 Å². The number of carbonyl (C=O) groups excluding carboxylic acids is 1. The molecule has 7 nitrogen and oxygen atoms in total. The van der Waals surface area contributed by atoms with Gasteiger partial charge >= 0.3 is 0 Å². The van der Waals surface area contributed by atoms with Crippen molar-refractivity contribution in [3.63, 3.8) is 0 Å². The van der Waals surface area contributed by atoms with E-state index in [4.69, 9.17) is 12.2 Å². The van der Waals surface area contributed by atoms with Gasteiger partial charge in [-0.1, -0.05) is 18.6 Å². The third-order valence-electron chi connectivity index (χ3n) is 4.62. The third-order valence-corrected chi connectivity index (χ3v) is 4.94. The second kappa shape index (κ2) is 9.98. The number of unbranched alkanes of at least 4 members (excludes halogenated alkanes) is 2. The Hall–Kier alpha value is -2.74. The molecule has 0 radical (unpaired) electrons. The van der Waals surface area contributed by atoms with E-state index in [1.54, 1.807) is 16.8 Å². The molecule has 0 unspecified atom stereocenters. The van der Waals surface area contributed by atoms with Crippen molar-refractivity contribution in [1.82, 2.24) is 24.6 Å². The van der Waals surface area contributed by atoms with Crippen LogP contribution in [0.5, 0.6) is 0 Å². The van der Waals surface area contributed by atoms with Gasteiger partial charge in [0.1, 0.15) is 0 Å². The highest BCUT2D eigenvalue weighted by Crippen LogP contribution is 2.07. The number of aromatic nitrogens is 4. The number of rotatable bonds is 10. The topological polar surface area (TPSA) is 84.7 Å². The number of benzene rings is 1. The minimum atomic E-state index is -0.0609. The monoisotopic (exact) mass is 399 g/mol. The summed E-state index contributed by atoms with van der Waals surface area (Å²) < 4.78 is 3.90. The highest BCUT2D eigenvalue weighted by molar-refractivity contribution is 7.71. The molecule has 0 atom stereocenters. The van der Waals surface area contributed by atoms with Crippen LogP contribution < -0.4 is 10.9 Å². The minimum Gasteiger partial charge on any atom is -0.356 e. The highest BCUT2D eigenvalue weighted by atomic mass is 32.1. The molecule has 1 amide bonds. The summed E-state index contributed by atoms with van der Waals surface area (Å²) in [6.45, 7) is 2.01. The Bertz CT molecular complexity index is 1020. The standard InChI is InChI=1S/C20H25N5O2S/c26-18(21-11-6-13-24-14-7-12-22-24)10-2-1-5-15-25-19(27)16-8-3-4-9-17(16)23-20(25)28/h3-4,7-9,12,14H,1-2,5-6,10-11,13,15H2,(H,21,26)(H,23,28). The fourth-order valence-corrected chi connectivity index (χ4v) is 3.41. The zero-order chi connectivity index (χ0) is 19.8. The van der Waals surface area contributed by atoms with Crippen LogP contribution in [-0.2, 0) is 17.9 Å². The molecule has 0 aliphatic rings. The van der Waals surface area contributed by atoms with Crippen LogP contribution >= 0.6 is 12.2 Å². The summed E-state index contributed by atoms with van der Waals surface area (Å²) >= 11 is 5.31. The van der Waals surface area contributed by atoms with E-state index in [0.717, 1.165) is 37.7 Å². The Morgan fingerprint density at radius 2 is 1.96 bits per heavy atom. The van der Waals surface area contributed by atoms with Gasteiger partial charge in [-0.25, -0.2) is 0 Å². The van der Waals surface area contributed by atoms with Crippen molar-refractivity contribution in [2.45, 2.75) is 45.2 Å². The Balaban J connectivity index is 1.35. The largest absolute Gasteiger partial charge is 0.356 e. The minimum absolute atomic E-state index is 0.0609. The van der Waals surface area contributed by atoms with Gasteiger partial charge in [-0.3, -0.25) is 18.8 Å². The second-order valence-electron chi connectivity index (χ2n) is 6.72. The number of nitrogens with zero attached hydrogens (tertiary/aromatic N) is 3. The molecule has 3 rings (SSSR count). The van der Waals surface area contributed by atoms with E-state index in [-0.39, 0.29) is 11.5 Å². The zero-order valence-electron chi connectivity index (χ0n) is 15.8. The van der Waals surface area contributed by atoms with Crippen LogP contribution in [0.2, 0.25) is 0 Å². The van der Waals surface area contributed by atoms with Gasteiger partial charge < -0.3 is 10.3 Å². The van der Waals surface area contributed by atoms with Crippen molar-refractivity contribution in [2.75, 3.05) is 6.54 Å². The molecular weight excluding hydrogens is 374 g/mol. The summed E-state index contributed by atoms with van der Waals surface area (Å²) in [4.78, 5) is 27.5. The maximum absolute atomic E-state index is 12.6. The van der Waals surface area contributed by atoms with E-state index in [2.05, 4.69) is 15.4 Å². The number of carbonyl (C=O) groups is 1. The molecule has 8 heteroatoms. The number of aromatic amines is 1. The lowest BCUT2D eigenvalue weighted by Crippen LogP contribution is -2.25. The summed E-state index contributed by atoms with van der Waals surface area (Å²) in [5.41, 5.74) is 0.701. The van der Waals surface area contributed by atoms with E-state index < -0.39 is 0 Å². The first-order valence-electron chi connectivity index (χ1n) is 9.61. The molecule has 148 valence electrons. The molecule has 0 aliphatic heterocycles. The van der Waals surface area contributed by atoms with Crippen LogP contribution in [0.25, 0.3) is 10.9 Å². The average Bonchev–Trinajstić information content (AvgIpc) is 3.21. The van der Waals surface area contributed by atoms with Gasteiger partial charge in [0.05, 0.1) is 10.9 Å². The Labute approximate surface area is 168 Å². The van der Waals surface area contributed by atoms with Gasteiger partial charge in [-0.15, -0.1) is 0 Å². The summed E-state index contributed by atoms with van der Waals surface area (Å²) in [5, 5.41) is 7.71. The van der Waals surface area contributed by atoms with Crippen LogP contribution in [0, 0.1) is 4.77 Å². The number of para-hydroxylation sites is 1. The lowest BCUT2D eigenvalue weighted by Gasteiger charge is -2.08. The summed E-state index contributed by atoms with van der Waals surface area (Å²) in [6.07, 6.45) is 7.49. The number of amides is 1. The molecular formula is C20H25N5O2S. The van der Waals surface area contributed by atoms with Crippen molar-refractivity contribution in [1.29, 1.82) is 0 Å². The fourth-order valence-electron chi connectivity index (χ4n) is 3.12. The lowest BCUT2D eigenvalue weighted by molar-refractivity contribution is -0.121.